The van der Waals surface area contributed by atoms with E-state index >= 15 is 0 Å². The van der Waals surface area contributed by atoms with Crippen LogP contribution in [0.15, 0.2) is 6.08 Å². The fraction of sp³-hybridized carbons (Fsp3) is 0.273. The minimum Gasteiger partial charge on any atom is -0.476 e. The highest BCUT2D eigenvalue weighted by atomic mass is 16.4. The van der Waals surface area contributed by atoms with Crippen molar-refractivity contribution in [1.82, 2.24) is 9.97 Å². The molecule has 17 heavy (non-hydrogen) atoms. The Hall–Kier alpha value is -2.08. The van der Waals surface area contributed by atoms with E-state index in [9.17, 15) is 9.59 Å². The van der Waals surface area contributed by atoms with E-state index in [4.69, 9.17) is 10.2 Å². The van der Waals surface area contributed by atoms with Gasteiger partial charge < -0.3 is 10.2 Å². The van der Waals surface area contributed by atoms with Gasteiger partial charge in [-0.25, -0.2) is 14.8 Å². The van der Waals surface area contributed by atoms with E-state index < -0.39 is 11.9 Å². The average Bonchev–Trinajstić information content (AvgIpc) is 2.29. The smallest absolute Gasteiger partial charge is 0.356 e. The summed E-state index contributed by atoms with van der Waals surface area (Å²) in [6, 6.07) is 0. The minimum atomic E-state index is -1.18. The van der Waals surface area contributed by atoms with Crippen LogP contribution < -0.4 is 0 Å². The number of hydrogen-bond donors (Lipinski definition) is 2. The monoisotopic (exact) mass is 234 g/mol. The number of aromatic nitrogens is 2. The van der Waals surface area contributed by atoms with Crippen molar-refractivity contribution < 1.29 is 19.8 Å². The fourth-order valence-corrected chi connectivity index (χ4v) is 1.65. The molecule has 2 N–H and O–H groups in total. The minimum absolute atomic E-state index is 0.119. The molecule has 1 aromatic heterocycles. The van der Waals surface area contributed by atoms with Crippen LogP contribution in [0.4, 0.5) is 0 Å². The Bertz CT molecular complexity index is 537. The number of fused-ring (bicyclic) bond motifs is 1. The zero-order chi connectivity index (χ0) is 12.6. The van der Waals surface area contributed by atoms with Gasteiger partial charge in [0.2, 0.25) is 0 Å². The number of aromatic carboxylic acids is 1. The first-order chi connectivity index (χ1) is 8.04. The van der Waals surface area contributed by atoms with E-state index in [1.807, 2.05) is 0 Å². The number of rotatable bonds is 2. The van der Waals surface area contributed by atoms with Crippen molar-refractivity contribution in [2.75, 3.05) is 6.61 Å². The lowest BCUT2D eigenvalue weighted by Gasteiger charge is -2.15. The Morgan fingerprint density at radius 1 is 1.47 bits per heavy atom. The molecule has 0 radical (unpaired) electrons. The Labute approximate surface area is 96.6 Å². The third-order valence-corrected chi connectivity index (χ3v) is 2.55. The van der Waals surface area contributed by atoms with E-state index in [0.29, 0.717) is 0 Å². The van der Waals surface area contributed by atoms with E-state index in [2.05, 4.69) is 9.97 Å². The first-order valence-electron chi connectivity index (χ1n) is 4.99. The molecule has 2 rings (SSSR count). The number of hydrogen-bond acceptors (Lipinski definition) is 5. The average molecular weight is 234 g/mol. The first-order valence-corrected chi connectivity index (χ1v) is 4.99. The van der Waals surface area contributed by atoms with Gasteiger partial charge >= 0.3 is 5.97 Å². The van der Waals surface area contributed by atoms with E-state index in [1.54, 1.807) is 0 Å². The molecule has 1 heterocycles. The molecule has 0 saturated carbocycles. The van der Waals surface area contributed by atoms with E-state index in [-0.39, 0.29) is 35.2 Å². The van der Waals surface area contributed by atoms with Crippen molar-refractivity contribution >= 4 is 17.8 Å². The maximum Gasteiger partial charge on any atom is 0.356 e. The molecule has 0 saturated heterocycles. The molecule has 6 heteroatoms. The molecule has 0 spiro atoms. The Balaban J connectivity index is 2.57. The molecule has 0 aliphatic heterocycles. The van der Waals surface area contributed by atoms with Gasteiger partial charge in [-0.1, -0.05) is 6.08 Å². The second-order valence-electron chi connectivity index (χ2n) is 3.71. The highest BCUT2D eigenvalue weighted by Gasteiger charge is 2.27. The van der Waals surface area contributed by atoms with Gasteiger partial charge in [0.05, 0.1) is 23.9 Å². The summed E-state index contributed by atoms with van der Waals surface area (Å²) in [6.07, 6.45) is 3.01. The number of Topliss-reactive ketones (excluding diaryl/α,β-unsaturated/α-hetero) is 1. The van der Waals surface area contributed by atoms with Crippen LogP contribution in [0.5, 0.6) is 0 Å². The van der Waals surface area contributed by atoms with Crippen LogP contribution in [0.3, 0.4) is 0 Å². The summed E-state index contributed by atoms with van der Waals surface area (Å²) < 4.78 is 0. The van der Waals surface area contributed by atoms with Crippen LogP contribution >= 0.6 is 0 Å². The normalized spacial score (nSPS) is 18.0. The summed E-state index contributed by atoms with van der Waals surface area (Å²) in [7, 11) is 0. The van der Waals surface area contributed by atoms with Gasteiger partial charge in [-0.3, -0.25) is 4.79 Å². The number of aliphatic hydroxyl groups is 1. The van der Waals surface area contributed by atoms with Gasteiger partial charge in [-0.05, 0) is 13.0 Å². The van der Waals surface area contributed by atoms with Gasteiger partial charge in [0, 0.05) is 0 Å². The standard InChI is InChI=1S/C11H10N2O4/c1-5-8(11(16)17)13-7-3-2-6(4-14)10(15)9(7)12-5/h2-3,6,14H,4H2,1H3,(H,16,17). The lowest BCUT2D eigenvalue weighted by molar-refractivity contribution is 0.0687. The van der Waals surface area contributed by atoms with Crippen LogP contribution in [-0.2, 0) is 0 Å². The topological polar surface area (TPSA) is 100 Å². The van der Waals surface area contributed by atoms with Crippen LogP contribution in [0.1, 0.15) is 32.4 Å². The van der Waals surface area contributed by atoms with Crippen LogP contribution in [0, 0.1) is 12.8 Å². The van der Waals surface area contributed by atoms with Crippen LogP contribution in [0.25, 0.3) is 6.08 Å². The number of aliphatic hydroxyl groups excluding tert-OH is 1. The lowest BCUT2D eigenvalue weighted by atomic mass is 9.95. The Kier molecular flexibility index (Phi) is 2.72. The molecule has 0 bridgehead atoms. The second kappa shape index (κ2) is 4.06. The zero-order valence-electron chi connectivity index (χ0n) is 9.04. The predicted molar refractivity (Wildman–Crippen MR) is 57.7 cm³/mol. The van der Waals surface area contributed by atoms with Gasteiger partial charge in [-0.2, -0.15) is 0 Å². The van der Waals surface area contributed by atoms with Crippen LogP contribution in [0.2, 0.25) is 0 Å². The molecule has 1 unspecified atom stereocenters. The molecule has 1 aliphatic rings. The summed E-state index contributed by atoms with van der Waals surface area (Å²) in [5.74, 6) is -2.13. The summed E-state index contributed by atoms with van der Waals surface area (Å²) in [5.41, 5.74) is 0.386. The second-order valence-corrected chi connectivity index (χ2v) is 3.71. The first kappa shape index (κ1) is 11.4. The number of carboxylic acids is 1. The quantitative estimate of drug-likeness (QED) is 0.763. The molecule has 1 aromatic rings. The highest BCUT2D eigenvalue weighted by Crippen LogP contribution is 2.21. The fourth-order valence-electron chi connectivity index (χ4n) is 1.65. The van der Waals surface area contributed by atoms with E-state index in [1.165, 1.54) is 19.1 Å². The molecular formula is C11H10N2O4. The number of nitrogens with zero attached hydrogens (tertiary/aromatic N) is 2. The van der Waals surface area contributed by atoms with Crippen molar-refractivity contribution in [1.29, 1.82) is 0 Å². The number of aryl methyl sites for hydroxylation is 1. The predicted octanol–water partition coefficient (Wildman–Crippen LogP) is 0.301. The number of ketones is 1. The van der Waals surface area contributed by atoms with Gasteiger partial charge in [0.1, 0.15) is 5.69 Å². The molecule has 0 aromatic carbocycles. The van der Waals surface area contributed by atoms with Crippen molar-refractivity contribution in [2.45, 2.75) is 6.92 Å². The van der Waals surface area contributed by atoms with E-state index in [0.717, 1.165) is 0 Å². The summed E-state index contributed by atoms with van der Waals surface area (Å²) in [5, 5.41) is 17.9. The Morgan fingerprint density at radius 2 is 2.18 bits per heavy atom. The summed E-state index contributed by atoms with van der Waals surface area (Å²) in [4.78, 5) is 30.5. The zero-order valence-corrected chi connectivity index (χ0v) is 9.04. The van der Waals surface area contributed by atoms with Gasteiger partial charge in [-0.15, -0.1) is 0 Å². The summed E-state index contributed by atoms with van der Waals surface area (Å²) in [6.45, 7) is 1.19. The molecule has 1 aliphatic carbocycles. The van der Waals surface area contributed by atoms with Crippen molar-refractivity contribution in [3.8, 4) is 0 Å². The van der Waals surface area contributed by atoms with Crippen LogP contribution in [-0.4, -0.2) is 38.5 Å². The number of carboxylic acid groups (broad SMARTS) is 1. The summed E-state index contributed by atoms with van der Waals surface area (Å²) >= 11 is 0. The SMILES string of the molecule is Cc1nc2c(nc1C(=O)O)C=CC(CO)C2=O. The Morgan fingerprint density at radius 3 is 2.76 bits per heavy atom. The molecule has 1 atom stereocenters. The highest BCUT2D eigenvalue weighted by molar-refractivity contribution is 6.03. The van der Waals surface area contributed by atoms with Gasteiger partial charge in [0.15, 0.2) is 11.5 Å². The molecular weight excluding hydrogens is 224 g/mol. The van der Waals surface area contributed by atoms with Crippen molar-refractivity contribution in [3.05, 3.63) is 28.9 Å². The molecule has 0 fully saturated rings. The lowest BCUT2D eigenvalue weighted by Crippen LogP contribution is -2.24. The maximum atomic E-state index is 11.8. The maximum absolute atomic E-state index is 11.8. The number of carbonyl (C=O) groups excluding carboxylic acids is 1. The molecule has 6 nitrogen and oxygen atoms in total. The largest absolute Gasteiger partial charge is 0.476 e. The molecule has 88 valence electrons. The van der Waals surface area contributed by atoms with Gasteiger partial charge in [0.25, 0.3) is 0 Å². The molecule has 0 amide bonds. The third-order valence-electron chi connectivity index (χ3n) is 2.55. The van der Waals surface area contributed by atoms with Crippen molar-refractivity contribution in [3.63, 3.8) is 0 Å². The third kappa shape index (κ3) is 1.83. The number of carbonyl (C=O) groups is 2. The van der Waals surface area contributed by atoms with Crippen molar-refractivity contribution in [2.24, 2.45) is 5.92 Å².